The SMILES string of the molecule is CN1CCCC(CNS(=O)(=O)CCC2CCOCC2)C1c1cccs1. The van der Waals surface area contributed by atoms with E-state index in [1.807, 2.05) is 0 Å². The molecule has 2 unspecified atom stereocenters. The second kappa shape index (κ2) is 8.95. The average molecular weight is 387 g/mol. The zero-order chi connectivity index (χ0) is 17.7. The van der Waals surface area contributed by atoms with Crippen molar-refractivity contribution in [3.05, 3.63) is 22.4 Å². The standard InChI is InChI=1S/C18H30N2O3S2/c1-20-9-2-4-16(18(20)17-5-3-12-24-17)14-19-25(21,22)13-8-15-6-10-23-11-7-15/h3,5,12,15-16,18-19H,2,4,6-11,13-14H2,1H3. The van der Waals surface area contributed by atoms with Gasteiger partial charge in [-0.25, -0.2) is 13.1 Å². The summed E-state index contributed by atoms with van der Waals surface area (Å²) >= 11 is 1.77. The Kier molecular flexibility index (Phi) is 6.91. The fourth-order valence-corrected chi connectivity index (χ4v) is 6.28. The molecule has 0 radical (unpaired) electrons. The maximum Gasteiger partial charge on any atom is 0.211 e. The van der Waals surface area contributed by atoms with Gasteiger partial charge in [-0.15, -0.1) is 11.3 Å². The molecule has 2 saturated heterocycles. The van der Waals surface area contributed by atoms with Crippen LogP contribution in [0.15, 0.2) is 17.5 Å². The van der Waals surface area contributed by atoms with E-state index >= 15 is 0 Å². The topological polar surface area (TPSA) is 58.6 Å². The summed E-state index contributed by atoms with van der Waals surface area (Å²) in [6, 6.07) is 4.58. The van der Waals surface area contributed by atoms with E-state index in [1.54, 1.807) is 11.3 Å². The molecule has 0 bridgehead atoms. The molecular weight excluding hydrogens is 356 g/mol. The summed E-state index contributed by atoms with van der Waals surface area (Å²) in [4.78, 5) is 3.71. The summed E-state index contributed by atoms with van der Waals surface area (Å²) in [6.45, 7) is 3.17. The number of hydrogen-bond acceptors (Lipinski definition) is 5. The number of nitrogens with one attached hydrogen (secondary N) is 1. The molecule has 0 amide bonds. The predicted molar refractivity (Wildman–Crippen MR) is 102 cm³/mol. The number of piperidine rings is 1. The van der Waals surface area contributed by atoms with Crippen LogP contribution in [-0.2, 0) is 14.8 Å². The lowest BCUT2D eigenvalue weighted by Gasteiger charge is -2.38. The maximum absolute atomic E-state index is 12.4. The van der Waals surface area contributed by atoms with Crippen molar-refractivity contribution in [1.29, 1.82) is 0 Å². The molecule has 25 heavy (non-hydrogen) atoms. The Balaban J connectivity index is 1.53. The van der Waals surface area contributed by atoms with Crippen LogP contribution in [0.25, 0.3) is 0 Å². The van der Waals surface area contributed by atoms with Gasteiger partial charge < -0.3 is 4.74 Å². The van der Waals surface area contributed by atoms with Crippen molar-refractivity contribution in [3.8, 4) is 0 Å². The number of ether oxygens (including phenoxy) is 1. The van der Waals surface area contributed by atoms with Gasteiger partial charge >= 0.3 is 0 Å². The van der Waals surface area contributed by atoms with Crippen LogP contribution in [0.3, 0.4) is 0 Å². The third kappa shape index (κ3) is 5.50. The van der Waals surface area contributed by atoms with Gasteiger partial charge in [0.15, 0.2) is 0 Å². The van der Waals surface area contributed by atoms with Gasteiger partial charge in [-0.05, 0) is 69.0 Å². The zero-order valence-corrected chi connectivity index (χ0v) is 16.7. The van der Waals surface area contributed by atoms with Gasteiger partial charge in [0, 0.05) is 30.7 Å². The van der Waals surface area contributed by atoms with Crippen LogP contribution in [0.2, 0.25) is 0 Å². The van der Waals surface area contributed by atoms with E-state index in [-0.39, 0.29) is 5.75 Å². The van der Waals surface area contributed by atoms with Crippen LogP contribution in [0.4, 0.5) is 0 Å². The van der Waals surface area contributed by atoms with Crippen LogP contribution in [0.1, 0.15) is 43.0 Å². The highest BCUT2D eigenvalue weighted by Crippen LogP contribution is 2.36. The van der Waals surface area contributed by atoms with Gasteiger partial charge in [-0.1, -0.05) is 6.07 Å². The van der Waals surface area contributed by atoms with E-state index in [2.05, 4.69) is 34.2 Å². The minimum Gasteiger partial charge on any atom is -0.381 e. The summed E-state index contributed by atoms with van der Waals surface area (Å²) in [7, 11) is -1.05. The minimum atomic E-state index is -3.20. The van der Waals surface area contributed by atoms with Crippen LogP contribution < -0.4 is 4.72 Å². The lowest BCUT2D eigenvalue weighted by atomic mass is 9.88. The van der Waals surface area contributed by atoms with Gasteiger partial charge in [-0.3, -0.25) is 4.90 Å². The third-order valence-electron chi connectivity index (χ3n) is 5.54. The van der Waals surface area contributed by atoms with E-state index in [4.69, 9.17) is 4.74 Å². The number of hydrogen-bond donors (Lipinski definition) is 1. The molecule has 1 N–H and O–H groups in total. The lowest BCUT2D eigenvalue weighted by molar-refractivity contribution is 0.0655. The van der Waals surface area contributed by atoms with Gasteiger partial charge in [-0.2, -0.15) is 0 Å². The molecule has 0 spiro atoms. The number of thiophene rings is 1. The molecule has 7 heteroatoms. The third-order valence-corrected chi connectivity index (χ3v) is 7.87. The highest BCUT2D eigenvalue weighted by atomic mass is 32.2. The zero-order valence-electron chi connectivity index (χ0n) is 15.0. The Labute approximate surface area is 155 Å². The summed E-state index contributed by atoms with van der Waals surface area (Å²) < 4.78 is 33.1. The number of likely N-dealkylation sites (tertiary alicyclic amines) is 1. The van der Waals surface area contributed by atoms with Gasteiger partial charge in [0.05, 0.1) is 5.75 Å². The quantitative estimate of drug-likeness (QED) is 0.783. The molecule has 5 nitrogen and oxygen atoms in total. The summed E-state index contributed by atoms with van der Waals surface area (Å²) in [5.41, 5.74) is 0. The molecule has 3 rings (SSSR count). The molecule has 2 aliphatic heterocycles. The molecule has 142 valence electrons. The second-order valence-corrected chi connectivity index (χ2v) is 10.3. The van der Waals surface area contributed by atoms with Crippen molar-refractivity contribution in [2.45, 2.75) is 38.1 Å². The van der Waals surface area contributed by atoms with Crippen molar-refractivity contribution in [2.24, 2.45) is 11.8 Å². The Morgan fingerprint density at radius 3 is 2.84 bits per heavy atom. The first-order valence-electron chi connectivity index (χ1n) is 9.34. The van der Waals surface area contributed by atoms with Gasteiger partial charge in [0.2, 0.25) is 10.0 Å². The van der Waals surface area contributed by atoms with Crippen LogP contribution in [-0.4, -0.2) is 52.4 Å². The van der Waals surface area contributed by atoms with Crippen molar-refractivity contribution < 1.29 is 13.2 Å². The number of rotatable bonds is 7. The van der Waals surface area contributed by atoms with E-state index in [0.29, 0.717) is 24.4 Å². The van der Waals surface area contributed by atoms with Gasteiger partial charge in [0.1, 0.15) is 0 Å². The second-order valence-electron chi connectivity index (χ2n) is 7.35. The first-order chi connectivity index (χ1) is 12.1. The van der Waals surface area contributed by atoms with Gasteiger partial charge in [0.25, 0.3) is 0 Å². The predicted octanol–water partition coefficient (Wildman–Crippen LogP) is 2.87. The molecule has 0 aromatic carbocycles. The van der Waals surface area contributed by atoms with Crippen molar-refractivity contribution in [3.63, 3.8) is 0 Å². The Hall–Kier alpha value is -0.470. The molecule has 1 aromatic rings. The first-order valence-corrected chi connectivity index (χ1v) is 11.9. The molecule has 1 aromatic heterocycles. The smallest absolute Gasteiger partial charge is 0.211 e. The molecule has 2 aliphatic rings. The van der Waals surface area contributed by atoms with Crippen molar-refractivity contribution >= 4 is 21.4 Å². The van der Waals surface area contributed by atoms with Crippen LogP contribution >= 0.6 is 11.3 Å². The fraction of sp³-hybridized carbons (Fsp3) is 0.778. The van der Waals surface area contributed by atoms with E-state index in [9.17, 15) is 8.42 Å². The van der Waals surface area contributed by atoms with E-state index in [1.165, 1.54) is 4.88 Å². The number of sulfonamides is 1. The monoisotopic (exact) mass is 386 g/mol. The largest absolute Gasteiger partial charge is 0.381 e. The minimum absolute atomic E-state index is 0.240. The van der Waals surface area contributed by atoms with Crippen molar-refractivity contribution in [2.75, 3.05) is 39.1 Å². The Morgan fingerprint density at radius 1 is 1.32 bits per heavy atom. The van der Waals surface area contributed by atoms with E-state index in [0.717, 1.165) is 51.9 Å². The first kappa shape index (κ1) is 19.3. The molecule has 0 aliphatic carbocycles. The summed E-state index contributed by atoms with van der Waals surface area (Å²) in [6.07, 6.45) is 4.94. The highest BCUT2D eigenvalue weighted by Gasteiger charge is 2.32. The maximum atomic E-state index is 12.4. The Morgan fingerprint density at radius 2 is 2.12 bits per heavy atom. The van der Waals surface area contributed by atoms with E-state index < -0.39 is 10.0 Å². The molecule has 2 atom stereocenters. The van der Waals surface area contributed by atoms with Crippen molar-refractivity contribution in [1.82, 2.24) is 9.62 Å². The van der Waals surface area contributed by atoms with Crippen LogP contribution in [0.5, 0.6) is 0 Å². The number of nitrogens with zero attached hydrogens (tertiary/aromatic N) is 1. The molecule has 2 fully saturated rings. The fourth-order valence-electron chi connectivity index (χ4n) is 4.05. The molecular formula is C18H30N2O3S2. The lowest BCUT2D eigenvalue weighted by Crippen LogP contribution is -2.42. The Bertz CT molecular complexity index is 612. The average Bonchev–Trinajstić information content (AvgIpc) is 3.13. The summed E-state index contributed by atoms with van der Waals surface area (Å²) in [5, 5.41) is 2.10. The highest BCUT2D eigenvalue weighted by molar-refractivity contribution is 7.89. The molecule has 3 heterocycles. The summed E-state index contributed by atoms with van der Waals surface area (Å²) in [5.74, 6) is 1.07. The van der Waals surface area contributed by atoms with Crippen LogP contribution in [0, 0.1) is 11.8 Å². The normalized spacial score (nSPS) is 26.8. The molecule has 0 saturated carbocycles.